The Morgan fingerprint density at radius 1 is 1.14 bits per heavy atom. The normalized spacial score (nSPS) is 10.9. The van der Waals surface area contributed by atoms with Gasteiger partial charge in [-0.3, -0.25) is 0 Å². The monoisotopic (exact) mass is 297 g/mol. The third-order valence-electron chi connectivity index (χ3n) is 3.72. The highest BCUT2D eigenvalue weighted by molar-refractivity contribution is 5.66. The molecule has 0 aliphatic rings. The molecule has 0 spiro atoms. The van der Waals surface area contributed by atoms with Crippen LogP contribution >= 0.6 is 0 Å². The molecule has 0 bridgehead atoms. The van der Waals surface area contributed by atoms with E-state index in [0.29, 0.717) is 11.3 Å². The summed E-state index contributed by atoms with van der Waals surface area (Å²) in [7, 11) is 0. The van der Waals surface area contributed by atoms with Crippen molar-refractivity contribution < 1.29 is 9.63 Å². The summed E-state index contributed by atoms with van der Waals surface area (Å²) in [5.74, 6) is 0.254. The lowest BCUT2D eigenvalue weighted by molar-refractivity contribution is 0.421. The number of imidazole rings is 1. The van der Waals surface area contributed by atoms with Crippen molar-refractivity contribution in [2.75, 3.05) is 0 Å². The molecule has 0 unspecified atom stereocenters. The zero-order valence-electron chi connectivity index (χ0n) is 12.4. The van der Waals surface area contributed by atoms with E-state index in [2.05, 4.69) is 14.7 Å². The van der Waals surface area contributed by atoms with Gasteiger partial charge in [-0.05, 0) is 37.0 Å². The van der Waals surface area contributed by atoms with Crippen molar-refractivity contribution in [1.29, 1.82) is 0 Å². The molecule has 2 aromatic heterocycles. The molecule has 0 radical (unpaired) electrons. The van der Waals surface area contributed by atoms with Crippen molar-refractivity contribution in [3.05, 3.63) is 54.8 Å². The standard InChI is InChI=1S/C17H19N3O2/c21-17-12-14(5-6-15(17)16-7-11-22-19-16)4-2-1-3-9-20-10-8-18-13-20/h5-8,10-13,21H,1-4,9H2. The molecule has 3 aromatic rings. The molecule has 3 rings (SSSR count). The Balaban J connectivity index is 1.48. The van der Waals surface area contributed by atoms with Gasteiger partial charge < -0.3 is 14.2 Å². The molecule has 0 fully saturated rings. The molecule has 0 aliphatic heterocycles. The molecular formula is C17H19N3O2. The van der Waals surface area contributed by atoms with Gasteiger partial charge in [-0.1, -0.05) is 17.6 Å². The van der Waals surface area contributed by atoms with Gasteiger partial charge in [0.15, 0.2) is 0 Å². The second-order valence-corrected chi connectivity index (χ2v) is 5.35. The number of hydrogen-bond acceptors (Lipinski definition) is 4. The van der Waals surface area contributed by atoms with Gasteiger partial charge in [-0.15, -0.1) is 0 Å². The topological polar surface area (TPSA) is 64.1 Å². The number of hydrogen-bond donors (Lipinski definition) is 1. The Labute approximate surface area is 129 Å². The number of benzene rings is 1. The molecule has 5 nitrogen and oxygen atoms in total. The van der Waals surface area contributed by atoms with Crippen LogP contribution in [-0.2, 0) is 13.0 Å². The van der Waals surface area contributed by atoms with Crippen LogP contribution in [0.1, 0.15) is 24.8 Å². The van der Waals surface area contributed by atoms with E-state index in [4.69, 9.17) is 4.52 Å². The smallest absolute Gasteiger partial charge is 0.125 e. The minimum atomic E-state index is 0.254. The second kappa shape index (κ2) is 6.93. The number of aromatic nitrogens is 3. The van der Waals surface area contributed by atoms with Gasteiger partial charge in [0.2, 0.25) is 0 Å². The van der Waals surface area contributed by atoms with Crippen LogP contribution in [0.15, 0.2) is 53.8 Å². The Morgan fingerprint density at radius 2 is 2.09 bits per heavy atom. The number of phenols is 1. The van der Waals surface area contributed by atoms with Gasteiger partial charge in [0.25, 0.3) is 0 Å². The fourth-order valence-corrected chi connectivity index (χ4v) is 2.52. The summed E-state index contributed by atoms with van der Waals surface area (Å²) in [4.78, 5) is 4.03. The quantitative estimate of drug-likeness (QED) is 0.676. The molecule has 0 amide bonds. The van der Waals surface area contributed by atoms with E-state index < -0.39 is 0 Å². The summed E-state index contributed by atoms with van der Waals surface area (Å²) in [6, 6.07) is 7.50. The molecule has 0 saturated heterocycles. The number of aromatic hydroxyl groups is 1. The van der Waals surface area contributed by atoms with Crippen LogP contribution in [0, 0.1) is 0 Å². The van der Waals surface area contributed by atoms with E-state index in [-0.39, 0.29) is 5.75 Å². The summed E-state index contributed by atoms with van der Waals surface area (Å²) in [5.41, 5.74) is 2.51. The second-order valence-electron chi connectivity index (χ2n) is 5.35. The Hall–Kier alpha value is -2.56. The minimum Gasteiger partial charge on any atom is -0.507 e. The largest absolute Gasteiger partial charge is 0.507 e. The average Bonchev–Trinajstić information content (AvgIpc) is 3.20. The molecule has 0 atom stereocenters. The molecule has 0 aliphatic carbocycles. The summed E-state index contributed by atoms with van der Waals surface area (Å²) >= 11 is 0. The lowest BCUT2D eigenvalue weighted by atomic mass is 10.0. The minimum absolute atomic E-state index is 0.254. The predicted octanol–water partition coefficient (Wildman–Crippen LogP) is 3.66. The number of phenolic OH excluding ortho intramolecular Hbond substituents is 1. The van der Waals surface area contributed by atoms with E-state index in [9.17, 15) is 5.11 Å². The van der Waals surface area contributed by atoms with Crippen molar-refractivity contribution in [2.45, 2.75) is 32.2 Å². The Morgan fingerprint density at radius 3 is 2.82 bits per heavy atom. The maximum absolute atomic E-state index is 10.1. The Kier molecular flexibility index (Phi) is 4.53. The van der Waals surface area contributed by atoms with E-state index in [1.54, 1.807) is 12.3 Å². The van der Waals surface area contributed by atoms with Crippen LogP contribution in [0.4, 0.5) is 0 Å². The fourth-order valence-electron chi connectivity index (χ4n) is 2.52. The number of rotatable bonds is 7. The van der Waals surface area contributed by atoms with E-state index >= 15 is 0 Å². The first-order valence-corrected chi connectivity index (χ1v) is 7.51. The molecule has 2 heterocycles. The maximum Gasteiger partial charge on any atom is 0.125 e. The highest BCUT2D eigenvalue weighted by Gasteiger charge is 2.07. The zero-order chi connectivity index (χ0) is 15.2. The van der Waals surface area contributed by atoms with Gasteiger partial charge >= 0.3 is 0 Å². The van der Waals surface area contributed by atoms with Crippen molar-refractivity contribution in [3.8, 4) is 17.0 Å². The van der Waals surface area contributed by atoms with Gasteiger partial charge in [-0.2, -0.15) is 0 Å². The molecule has 5 heteroatoms. The van der Waals surface area contributed by atoms with Crippen molar-refractivity contribution in [1.82, 2.24) is 14.7 Å². The van der Waals surface area contributed by atoms with Crippen LogP contribution in [0.25, 0.3) is 11.3 Å². The highest BCUT2D eigenvalue weighted by atomic mass is 16.5. The molecule has 1 aromatic carbocycles. The van der Waals surface area contributed by atoms with Crippen molar-refractivity contribution in [2.24, 2.45) is 0 Å². The molecule has 1 N–H and O–H groups in total. The van der Waals surface area contributed by atoms with E-state index in [1.165, 1.54) is 6.26 Å². The van der Waals surface area contributed by atoms with Gasteiger partial charge in [0.05, 0.1) is 6.33 Å². The lowest BCUT2D eigenvalue weighted by Gasteiger charge is -2.06. The van der Waals surface area contributed by atoms with Crippen LogP contribution in [0.2, 0.25) is 0 Å². The van der Waals surface area contributed by atoms with Crippen LogP contribution in [-0.4, -0.2) is 19.8 Å². The first-order valence-electron chi connectivity index (χ1n) is 7.51. The predicted molar refractivity (Wildman–Crippen MR) is 83.4 cm³/mol. The Bertz CT molecular complexity index is 691. The summed E-state index contributed by atoms with van der Waals surface area (Å²) in [6.45, 7) is 1.01. The number of unbranched alkanes of at least 4 members (excludes halogenated alkanes) is 2. The SMILES string of the molecule is Oc1cc(CCCCCn2ccnc2)ccc1-c1ccon1. The molecule has 0 saturated carbocycles. The van der Waals surface area contributed by atoms with Crippen LogP contribution in [0.5, 0.6) is 5.75 Å². The number of aryl methyl sites for hydroxylation is 2. The number of nitrogens with zero attached hydrogens (tertiary/aromatic N) is 3. The summed E-state index contributed by atoms with van der Waals surface area (Å²) in [5, 5.41) is 13.9. The first-order chi connectivity index (χ1) is 10.8. The lowest BCUT2D eigenvalue weighted by Crippen LogP contribution is -1.95. The first kappa shape index (κ1) is 14.4. The van der Waals surface area contributed by atoms with E-state index in [1.807, 2.05) is 30.7 Å². The maximum atomic E-state index is 10.1. The third kappa shape index (κ3) is 3.55. The van der Waals surface area contributed by atoms with Crippen LogP contribution < -0.4 is 0 Å². The molecular weight excluding hydrogens is 278 g/mol. The van der Waals surface area contributed by atoms with Gasteiger partial charge in [-0.25, -0.2) is 4.98 Å². The van der Waals surface area contributed by atoms with Gasteiger partial charge in [0.1, 0.15) is 17.7 Å². The fraction of sp³-hybridized carbons (Fsp3) is 0.294. The summed E-state index contributed by atoms with van der Waals surface area (Å²) in [6.07, 6.45) is 11.5. The van der Waals surface area contributed by atoms with Crippen molar-refractivity contribution >= 4 is 0 Å². The average molecular weight is 297 g/mol. The van der Waals surface area contributed by atoms with Gasteiger partial charge in [0, 0.05) is 30.6 Å². The molecule has 114 valence electrons. The van der Waals surface area contributed by atoms with E-state index in [0.717, 1.165) is 37.8 Å². The summed E-state index contributed by atoms with van der Waals surface area (Å²) < 4.78 is 6.90. The highest BCUT2D eigenvalue weighted by Crippen LogP contribution is 2.29. The third-order valence-corrected chi connectivity index (χ3v) is 3.72. The zero-order valence-corrected chi connectivity index (χ0v) is 12.4. The van der Waals surface area contributed by atoms with Crippen LogP contribution in [0.3, 0.4) is 0 Å². The molecule has 22 heavy (non-hydrogen) atoms. The van der Waals surface area contributed by atoms with Crippen molar-refractivity contribution in [3.63, 3.8) is 0 Å².